The Kier molecular flexibility index (Phi) is 2.44. The van der Waals surface area contributed by atoms with E-state index in [1.54, 1.807) is 0 Å². The smallest absolute Gasteiger partial charge is 0.214 e. The molecule has 1 N–H and O–H groups in total. The molecule has 1 nitrogen and oxygen atoms in total. The molecule has 0 bridgehead atoms. The molecule has 0 saturated heterocycles. The molecule has 13 heavy (non-hydrogen) atoms. The number of hydrogen-bond acceptors (Lipinski definition) is 1. The fourth-order valence-electron chi connectivity index (χ4n) is 0.824. The van der Waals surface area contributed by atoms with Crippen LogP contribution in [0.15, 0.2) is 0 Å². The zero-order valence-corrected chi connectivity index (χ0v) is 6.39. The van der Waals surface area contributed by atoms with Gasteiger partial charge in [-0.2, -0.15) is 0 Å². The van der Waals surface area contributed by atoms with Gasteiger partial charge in [0.1, 0.15) is 5.69 Å². The van der Waals surface area contributed by atoms with Crippen molar-refractivity contribution < 1.29 is 22.0 Å². The van der Waals surface area contributed by atoms with Crippen molar-refractivity contribution in [1.29, 1.82) is 0 Å². The first kappa shape index (κ1) is 9.82. The second-order valence-corrected chi connectivity index (χ2v) is 2.19. The van der Waals surface area contributed by atoms with E-state index < -0.39 is 34.8 Å². The van der Waals surface area contributed by atoms with E-state index in [0.717, 1.165) is 7.98 Å². The zero-order chi connectivity index (χ0) is 10.2. The summed E-state index contributed by atoms with van der Waals surface area (Å²) in [6.45, 7) is 0. The van der Waals surface area contributed by atoms with Crippen LogP contribution in [0.1, 0.15) is 0 Å². The maximum Gasteiger partial charge on any atom is 0.214 e. The maximum atomic E-state index is 12.6. The molecular weight excluding hydrogens is 192 g/mol. The van der Waals surface area contributed by atoms with Crippen LogP contribution in [0.4, 0.5) is 27.6 Å². The van der Waals surface area contributed by atoms with Crippen molar-refractivity contribution in [1.82, 2.24) is 0 Å². The van der Waals surface area contributed by atoms with Gasteiger partial charge in [0.2, 0.25) is 13.8 Å². The molecule has 0 heterocycles. The second-order valence-electron chi connectivity index (χ2n) is 2.19. The van der Waals surface area contributed by atoms with Crippen LogP contribution in [-0.4, -0.2) is 7.98 Å². The summed E-state index contributed by atoms with van der Waals surface area (Å²) in [6.07, 6.45) is 0. The molecule has 7 heteroatoms. The number of rotatable bonds is 1. The van der Waals surface area contributed by atoms with E-state index in [2.05, 4.69) is 0 Å². The van der Waals surface area contributed by atoms with Crippen molar-refractivity contribution in [3.05, 3.63) is 29.1 Å². The van der Waals surface area contributed by atoms with Gasteiger partial charge in [0.15, 0.2) is 23.3 Å². The molecule has 0 aliphatic rings. The first-order chi connectivity index (χ1) is 6.00. The zero-order valence-electron chi connectivity index (χ0n) is 6.39. The van der Waals surface area contributed by atoms with Crippen LogP contribution in [0.25, 0.3) is 0 Å². The van der Waals surface area contributed by atoms with Crippen LogP contribution in [-0.2, 0) is 0 Å². The van der Waals surface area contributed by atoms with E-state index in [1.165, 1.54) is 0 Å². The van der Waals surface area contributed by atoms with Gasteiger partial charge in [-0.3, -0.25) is 0 Å². The number of benzene rings is 1. The molecule has 0 atom stereocenters. The van der Waals surface area contributed by atoms with E-state index >= 15 is 0 Å². The molecule has 0 unspecified atom stereocenters. The van der Waals surface area contributed by atoms with E-state index in [0.29, 0.717) is 0 Å². The van der Waals surface area contributed by atoms with Gasteiger partial charge >= 0.3 is 0 Å². The highest BCUT2D eigenvalue weighted by molar-refractivity contribution is 6.16. The Morgan fingerprint density at radius 3 is 1.31 bits per heavy atom. The lowest BCUT2D eigenvalue weighted by molar-refractivity contribution is 0.382. The van der Waals surface area contributed by atoms with Crippen molar-refractivity contribution in [2.45, 2.75) is 0 Å². The van der Waals surface area contributed by atoms with Crippen molar-refractivity contribution >= 4 is 13.7 Å². The number of halogens is 5. The Labute approximate surface area is 71.0 Å². The van der Waals surface area contributed by atoms with Gasteiger partial charge in [0, 0.05) is 0 Å². The molecule has 0 aliphatic carbocycles. The summed E-state index contributed by atoms with van der Waals surface area (Å²) in [5.41, 5.74) is -1.03. The normalized spacial score (nSPS) is 10.2. The molecule has 0 aliphatic heterocycles. The van der Waals surface area contributed by atoms with Crippen LogP contribution < -0.4 is 5.23 Å². The SMILES string of the molecule is BNc1c(F)c(F)c(F)c(F)c1F. The highest BCUT2D eigenvalue weighted by Crippen LogP contribution is 2.26. The summed E-state index contributed by atoms with van der Waals surface area (Å²) in [4.78, 5) is 0. The van der Waals surface area contributed by atoms with Gasteiger partial charge in [0.05, 0.1) is 0 Å². The highest BCUT2D eigenvalue weighted by Gasteiger charge is 2.24. The Morgan fingerprint density at radius 2 is 1.00 bits per heavy atom. The van der Waals surface area contributed by atoms with Crippen molar-refractivity contribution in [3.63, 3.8) is 0 Å². The molecule has 70 valence electrons. The van der Waals surface area contributed by atoms with Crippen molar-refractivity contribution in [2.24, 2.45) is 0 Å². The van der Waals surface area contributed by atoms with E-state index in [-0.39, 0.29) is 0 Å². The molecule has 0 fully saturated rings. The molecule has 1 aromatic rings. The predicted molar refractivity (Wildman–Crippen MR) is 38.4 cm³/mol. The molecule has 0 amide bonds. The van der Waals surface area contributed by atoms with Gasteiger partial charge in [-0.05, 0) is 0 Å². The average molecular weight is 195 g/mol. The quantitative estimate of drug-likeness (QED) is 0.308. The van der Waals surface area contributed by atoms with Crippen molar-refractivity contribution in [2.75, 3.05) is 5.23 Å². The first-order valence-corrected chi connectivity index (χ1v) is 3.19. The molecule has 1 rings (SSSR count). The standard InChI is InChI=1S/C6H3BF5N/c7-13-6-4(11)2(9)1(8)3(10)5(6)12/h13H,7H2. The van der Waals surface area contributed by atoms with E-state index in [9.17, 15) is 22.0 Å². The minimum atomic E-state index is -2.16. The molecule has 0 saturated carbocycles. The Bertz CT molecular complexity index is 324. The first-order valence-electron chi connectivity index (χ1n) is 3.19. The van der Waals surface area contributed by atoms with Crippen LogP contribution in [0.2, 0.25) is 0 Å². The maximum absolute atomic E-state index is 12.6. The minimum Gasteiger partial charge on any atom is -0.429 e. The third-order valence-electron chi connectivity index (χ3n) is 1.46. The lowest BCUT2D eigenvalue weighted by Gasteiger charge is -2.06. The summed E-state index contributed by atoms with van der Waals surface area (Å²) in [7, 11) is 1.05. The summed E-state index contributed by atoms with van der Waals surface area (Å²) in [6, 6.07) is 0. The Balaban J connectivity index is 3.56. The summed E-state index contributed by atoms with van der Waals surface area (Å²) < 4.78 is 62.4. The summed E-state index contributed by atoms with van der Waals surface area (Å²) in [5, 5.41) is 1.88. The van der Waals surface area contributed by atoms with Gasteiger partial charge in [-0.25, -0.2) is 22.0 Å². The molecule has 0 aromatic heterocycles. The third kappa shape index (κ3) is 1.34. The molecular formula is C6H3BF5N. The van der Waals surface area contributed by atoms with Crippen LogP contribution in [0.3, 0.4) is 0 Å². The molecule has 1 aromatic carbocycles. The lowest BCUT2D eigenvalue weighted by atomic mass is 10.2. The number of anilines is 1. The minimum absolute atomic E-state index is 1.03. The van der Waals surface area contributed by atoms with E-state index in [1.807, 2.05) is 5.23 Å². The Hall–Kier alpha value is -1.27. The highest BCUT2D eigenvalue weighted by atomic mass is 19.2. The third-order valence-corrected chi connectivity index (χ3v) is 1.46. The Morgan fingerprint density at radius 1 is 0.692 bits per heavy atom. The fraction of sp³-hybridized carbons (Fsp3) is 0. The van der Waals surface area contributed by atoms with Crippen LogP contribution >= 0.6 is 0 Å². The van der Waals surface area contributed by atoms with Crippen molar-refractivity contribution in [3.8, 4) is 0 Å². The average Bonchev–Trinajstić information content (AvgIpc) is 2.13. The van der Waals surface area contributed by atoms with Crippen LogP contribution in [0, 0.1) is 29.1 Å². The summed E-state index contributed by atoms with van der Waals surface area (Å²) in [5.74, 6) is -9.79. The van der Waals surface area contributed by atoms with Gasteiger partial charge in [-0.15, -0.1) is 0 Å². The van der Waals surface area contributed by atoms with Gasteiger partial charge < -0.3 is 5.23 Å². The molecule has 0 radical (unpaired) electrons. The largest absolute Gasteiger partial charge is 0.429 e. The number of nitrogens with one attached hydrogen (secondary N) is 1. The monoisotopic (exact) mass is 195 g/mol. The second kappa shape index (κ2) is 3.23. The van der Waals surface area contributed by atoms with Crippen LogP contribution in [0.5, 0.6) is 0 Å². The topological polar surface area (TPSA) is 12.0 Å². The fourth-order valence-corrected chi connectivity index (χ4v) is 0.824. The predicted octanol–water partition coefficient (Wildman–Crippen LogP) is 1.34. The van der Waals surface area contributed by atoms with Gasteiger partial charge in [-0.1, -0.05) is 0 Å². The molecule has 0 spiro atoms. The lowest BCUT2D eigenvalue weighted by Crippen LogP contribution is -2.07. The van der Waals surface area contributed by atoms with E-state index in [4.69, 9.17) is 0 Å². The van der Waals surface area contributed by atoms with Gasteiger partial charge in [0.25, 0.3) is 0 Å². The number of hydrogen-bond donors (Lipinski definition) is 1. The summed E-state index contributed by atoms with van der Waals surface area (Å²) >= 11 is 0.